The van der Waals surface area contributed by atoms with Crippen molar-refractivity contribution in [3.8, 4) is 0 Å². The van der Waals surface area contributed by atoms with Crippen molar-refractivity contribution >= 4 is 32.9 Å². The maximum atomic E-state index is 13.7. The van der Waals surface area contributed by atoms with Gasteiger partial charge in [0.25, 0.3) is 0 Å². The molecule has 1 N–H and O–H groups in total. The Kier molecular flexibility index (Phi) is 6.64. The molecular formula is C22H32BrNO4S. The fraction of sp³-hybridized carbons (Fsp3) is 0.682. The lowest BCUT2D eigenvalue weighted by molar-refractivity contribution is -0.159. The Labute approximate surface area is 185 Å². The van der Waals surface area contributed by atoms with Crippen molar-refractivity contribution < 1.29 is 18.5 Å². The van der Waals surface area contributed by atoms with Gasteiger partial charge in [0.15, 0.2) is 5.54 Å². The van der Waals surface area contributed by atoms with Crippen LogP contribution in [0.4, 0.5) is 0 Å². The second-order valence-corrected chi connectivity index (χ2v) is 12.0. The summed E-state index contributed by atoms with van der Waals surface area (Å²) in [7, 11) is 0.305. The number of halogens is 1. The van der Waals surface area contributed by atoms with Crippen molar-refractivity contribution in [3.05, 3.63) is 33.8 Å². The lowest BCUT2D eigenvalue weighted by Gasteiger charge is -2.48. The van der Waals surface area contributed by atoms with Gasteiger partial charge in [-0.2, -0.15) is 0 Å². The van der Waals surface area contributed by atoms with Gasteiger partial charge in [0.1, 0.15) is 0 Å². The van der Waals surface area contributed by atoms with Gasteiger partial charge in [0.05, 0.1) is 28.4 Å². The Bertz CT molecular complexity index is 798. The predicted molar refractivity (Wildman–Crippen MR) is 119 cm³/mol. The average molecular weight is 486 g/mol. The topological polar surface area (TPSA) is 64.6 Å². The number of ether oxygens (including phenoxy) is 2. The van der Waals surface area contributed by atoms with E-state index in [-0.39, 0.29) is 18.7 Å². The van der Waals surface area contributed by atoms with Crippen LogP contribution in [-0.2, 0) is 37.2 Å². The van der Waals surface area contributed by atoms with Crippen LogP contribution in [0.2, 0.25) is 0 Å². The molecule has 2 aliphatic carbocycles. The quantitative estimate of drug-likeness (QED) is 0.627. The summed E-state index contributed by atoms with van der Waals surface area (Å²) in [5, 5.41) is 0. The largest absolute Gasteiger partial charge is 0.464 e. The van der Waals surface area contributed by atoms with E-state index < -0.39 is 26.7 Å². The normalized spacial score (nSPS) is 30.2. The number of carbonyl (C=O) groups is 1. The number of methoxy groups -OCH3 is 1. The number of hydrogen-bond donors (Lipinski definition) is 1. The van der Waals surface area contributed by atoms with Crippen LogP contribution in [0.25, 0.3) is 0 Å². The summed E-state index contributed by atoms with van der Waals surface area (Å²) in [5.41, 5.74) is 0.478. The molecule has 3 rings (SSSR count). The van der Waals surface area contributed by atoms with Gasteiger partial charge in [-0.3, -0.25) is 0 Å². The van der Waals surface area contributed by atoms with Crippen molar-refractivity contribution in [1.82, 2.24) is 4.72 Å². The Morgan fingerprint density at radius 1 is 1.31 bits per heavy atom. The number of carbonyl (C=O) groups excluding carboxylic acids is 1. The molecule has 7 heteroatoms. The summed E-state index contributed by atoms with van der Waals surface area (Å²) in [6.07, 6.45) is 4.33. The Hall–Kier alpha value is -0.760. The monoisotopic (exact) mass is 485 g/mol. The highest BCUT2D eigenvalue weighted by Gasteiger charge is 2.64. The minimum absolute atomic E-state index is 0.198. The molecule has 2 atom stereocenters. The van der Waals surface area contributed by atoms with E-state index in [1.807, 2.05) is 39.8 Å². The number of rotatable bonds is 5. The number of hydrogen-bond acceptors (Lipinski definition) is 4. The lowest BCUT2D eigenvalue weighted by atomic mass is 9.61. The maximum absolute atomic E-state index is 13.7. The number of esters is 1. The Morgan fingerprint density at radius 2 is 1.97 bits per heavy atom. The number of benzene rings is 1. The van der Waals surface area contributed by atoms with Crippen LogP contribution in [0, 0.1) is 5.41 Å². The molecule has 0 radical (unpaired) electrons. The van der Waals surface area contributed by atoms with E-state index in [2.05, 4.69) is 26.7 Å². The number of fused-ring (bicyclic) bond motifs is 1. The molecule has 2 aliphatic rings. The van der Waals surface area contributed by atoms with Crippen molar-refractivity contribution in [2.75, 3.05) is 13.7 Å². The van der Waals surface area contributed by atoms with Crippen LogP contribution in [0.15, 0.2) is 22.7 Å². The van der Waals surface area contributed by atoms with Gasteiger partial charge in [-0.05, 0) is 83.1 Å². The molecular weight excluding hydrogens is 454 g/mol. The van der Waals surface area contributed by atoms with E-state index in [0.717, 1.165) is 47.7 Å². The fourth-order valence-corrected chi connectivity index (χ4v) is 6.18. The molecule has 1 aromatic carbocycles. The van der Waals surface area contributed by atoms with Crippen LogP contribution >= 0.6 is 15.9 Å². The molecule has 29 heavy (non-hydrogen) atoms. The van der Waals surface area contributed by atoms with Gasteiger partial charge >= 0.3 is 5.97 Å². The molecule has 0 unspecified atom stereocenters. The average Bonchev–Trinajstić information content (AvgIpc) is 2.92. The first-order chi connectivity index (χ1) is 13.6. The zero-order valence-electron chi connectivity index (χ0n) is 18.0. The van der Waals surface area contributed by atoms with E-state index in [0.29, 0.717) is 0 Å². The van der Waals surface area contributed by atoms with Crippen LogP contribution in [0.5, 0.6) is 0 Å². The molecule has 0 bridgehead atoms. The van der Waals surface area contributed by atoms with E-state index in [1.54, 1.807) is 7.11 Å². The van der Waals surface area contributed by atoms with E-state index >= 15 is 0 Å². The molecule has 0 heterocycles. The summed E-state index contributed by atoms with van der Waals surface area (Å²) in [6.45, 7) is 7.85. The highest BCUT2D eigenvalue weighted by molar-refractivity contribution is 9.10. The van der Waals surface area contributed by atoms with Crippen LogP contribution in [-0.4, -0.2) is 34.7 Å². The second kappa shape index (κ2) is 8.40. The molecule has 1 spiro atoms. The first-order valence-corrected chi connectivity index (χ1v) is 12.2. The maximum Gasteiger partial charge on any atom is 0.332 e. The summed E-state index contributed by atoms with van der Waals surface area (Å²) in [5.74, 6) is -0.328. The summed E-state index contributed by atoms with van der Waals surface area (Å²) in [4.78, 5) is 13.7. The SMILES string of the molecule is CCOC(=O)[C@]1(N[S@@](=O)C(C)(C)C)c2cc(Br)ccc2CC12CCC(OC)CC2. The smallest absolute Gasteiger partial charge is 0.332 e. The van der Waals surface area contributed by atoms with Crippen LogP contribution in [0.1, 0.15) is 64.5 Å². The molecule has 0 amide bonds. The van der Waals surface area contributed by atoms with Gasteiger partial charge in [0, 0.05) is 17.0 Å². The fourth-order valence-electron chi connectivity index (χ4n) is 4.83. The predicted octanol–water partition coefficient (Wildman–Crippen LogP) is 4.39. The van der Waals surface area contributed by atoms with E-state index in [9.17, 15) is 9.00 Å². The van der Waals surface area contributed by atoms with Gasteiger partial charge in [-0.15, -0.1) is 0 Å². The van der Waals surface area contributed by atoms with Crippen LogP contribution in [0.3, 0.4) is 0 Å². The second-order valence-electron chi connectivity index (χ2n) is 9.15. The van der Waals surface area contributed by atoms with Crippen molar-refractivity contribution in [2.24, 2.45) is 5.41 Å². The van der Waals surface area contributed by atoms with Crippen LogP contribution < -0.4 is 4.72 Å². The Morgan fingerprint density at radius 3 is 2.52 bits per heavy atom. The molecule has 0 aliphatic heterocycles. The zero-order valence-corrected chi connectivity index (χ0v) is 20.4. The van der Waals surface area contributed by atoms with Crippen molar-refractivity contribution in [3.63, 3.8) is 0 Å². The van der Waals surface area contributed by atoms with Gasteiger partial charge in [0.2, 0.25) is 0 Å². The third kappa shape index (κ3) is 3.95. The van der Waals surface area contributed by atoms with Gasteiger partial charge in [-0.1, -0.05) is 22.0 Å². The highest BCUT2D eigenvalue weighted by atomic mass is 79.9. The standard InChI is InChI=1S/C22H32BrNO4S/c1-6-28-19(25)22(24-29(26)20(2,3)4)18-13-16(23)8-7-15(18)14-21(22)11-9-17(27-5)10-12-21/h7-8,13,17,24H,6,9-12,14H2,1-5H3/t17?,21?,22-,29+/m1/s1. The third-order valence-electron chi connectivity index (χ3n) is 6.41. The van der Waals surface area contributed by atoms with Gasteiger partial charge < -0.3 is 9.47 Å². The number of nitrogens with one attached hydrogen (secondary N) is 1. The van der Waals surface area contributed by atoms with Crippen molar-refractivity contribution in [2.45, 2.75) is 76.2 Å². The zero-order chi connectivity index (χ0) is 21.4. The summed E-state index contributed by atoms with van der Waals surface area (Å²) in [6, 6.07) is 6.08. The summed E-state index contributed by atoms with van der Waals surface area (Å²) < 4.78 is 28.3. The Balaban J connectivity index is 2.19. The molecule has 0 aromatic heterocycles. The molecule has 162 valence electrons. The molecule has 1 fully saturated rings. The molecule has 0 saturated heterocycles. The summed E-state index contributed by atoms with van der Waals surface area (Å²) >= 11 is 3.57. The van der Waals surface area contributed by atoms with E-state index in [1.165, 1.54) is 0 Å². The van der Waals surface area contributed by atoms with E-state index in [4.69, 9.17) is 9.47 Å². The minimum Gasteiger partial charge on any atom is -0.464 e. The van der Waals surface area contributed by atoms with Crippen molar-refractivity contribution in [1.29, 1.82) is 0 Å². The molecule has 5 nitrogen and oxygen atoms in total. The first-order valence-electron chi connectivity index (χ1n) is 10.3. The molecule has 1 saturated carbocycles. The molecule has 1 aromatic rings. The lowest BCUT2D eigenvalue weighted by Crippen LogP contribution is -2.62. The first kappa shape index (κ1) is 22.9. The minimum atomic E-state index is -1.44. The van der Waals surface area contributed by atoms with Gasteiger partial charge in [-0.25, -0.2) is 13.7 Å². The third-order valence-corrected chi connectivity index (χ3v) is 8.50. The highest BCUT2D eigenvalue weighted by Crippen LogP contribution is 2.59.